The minimum absolute atomic E-state index is 0.00542. The monoisotopic (exact) mass is 562 g/mol. The molecule has 0 aromatic carbocycles. The van der Waals surface area contributed by atoms with Crippen LogP contribution in [-0.4, -0.2) is 45.3 Å². The first-order valence-corrected chi connectivity index (χ1v) is 14.7. The number of amides is 1. The van der Waals surface area contributed by atoms with Gasteiger partial charge in [-0.1, -0.05) is 71.1 Å². The largest absolute Gasteiger partial charge is 0.471 e. The summed E-state index contributed by atoms with van der Waals surface area (Å²) < 4.78 is 5.66. The predicted molar refractivity (Wildman–Crippen MR) is 163 cm³/mol. The number of nitrogens with zero attached hydrogens (tertiary/aromatic N) is 4. The van der Waals surface area contributed by atoms with Crippen LogP contribution in [0.25, 0.3) is 11.4 Å². The molecule has 0 saturated carbocycles. The van der Waals surface area contributed by atoms with E-state index in [1.165, 1.54) is 32.8 Å². The highest BCUT2D eigenvalue weighted by atomic mass is 16.5. The number of nitrogens with one attached hydrogen (secondary N) is 2. The number of methoxy groups -OCH3 is 1. The van der Waals surface area contributed by atoms with Gasteiger partial charge in [0, 0.05) is 36.0 Å². The molecule has 2 heterocycles. The van der Waals surface area contributed by atoms with Gasteiger partial charge >= 0.3 is 0 Å². The zero-order valence-corrected chi connectivity index (χ0v) is 25.7. The Balaban J connectivity index is 0.00000108. The topological polar surface area (TPSA) is 111 Å². The van der Waals surface area contributed by atoms with E-state index in [2.05, 4.69) is 84.4 Å². The molecule has 0 aliphatic heterocycles. The molecule has 2 aromatic heterocycles. The first-order chi connectivity index (χ1) is 19.6. The zero-order valence-electron chi connectivity index (χ0n) is 25.7. The zero-order chi connectivity index (χ0) is 30.0. The Hall–Kier alpha value is -3.75. The van der Waals surface area contributed by atoms with E-state index in [0.717, 1.165) is 59.5 Å². The number of hydrogen-bond donors (Lipinski definition) is 2. The standard InChI is InChI=1S/C30H42N6O.C2H4O2/c1-7-8-9-10-11-12-21(3)32-28(37)26-23-14-13-22-19-31-29(34-25(22)27(23)36(6)35-26)33-24-16-18-30(4,5)17-15-20(24)2;1-4-2-3/h15-19,21H,7-14H2,1-6H3,(H,32,37)(H,31,33,34);2H,1H3. The molecule has 222 valence electrons. The first kappa shape index (κ1) is 31.8. The highest BCUT2D eigenvalue weighted by Gasteiger charge is 2.29. The molecule has 9 nitrogen and oxygen atoms in total. The Kier molecular flexibility index (Phi) is 11.4. The van der Waals surface area contributed by atoms with Crippen LogP contribution in [0.15, 0.2) is 41.8 Å². The van der Waals surface area contributed by atoms with Crippen LogP contribution in [0.1, 0.15) is 94.8 Å². The van der Waals surface area contributed by atoms with E-state index in [4.69, 9.17) is 9.78 Å². The molecule has 1 unspecified atom stereocenters. The third kappa shape index (κ3) is 8.62. The molecule has 0 spiro atoms. The number of carbonyl (C=O) groups is 2. The van der Waals surface area contributed by atoms with Crippen molar-refractivity contribution in [3.05, 3.63) is 58.6 Å². The number of rotatable bonds is 11. The maximum absolute atomic E-state index is 13.2. The summed E-state index contributed by atoms with van der Waals surface area (Å²) in [6, 6.07) is 0.129. The minimum atomic E-state index is -0.0902. The van der Waals surface area contributed by atoms with Crippen LogP contribution < -0.4 is 10.6 Å². The molecular weight excluding hydrogens is 516 g/mol. The van der Waals surface area contributed by atoms with Crippen molar-refractivity contribution < 1.29 is 14.3 Å². The number of hydrogen-bond acceptors (Lipinski definition) is 7. The lowest BCUT2D eigenvalue weighted by atomic mass is 9.93. The van der Waals surface area contributed by atoms with Gasteiger partial charge in [0.1, 0.15) is 0 Å². The summed E-state index contributed by atoms with van der Waals surface area (Å²) in [5.41, 5.74) is 6.43. The average Bonchev–Trinajstić information content (AvgIpc) is 3.24. The molecule has 41 heavy (non-hydrogen) atoms. The summed E-state index contributed by atoms with van der Waals surface area (Å²) in [5, 5.41) is 11.2. The number of aryl methyl sites for hydroxylation is 2. The number of ether oxygens (including phenoxy) is 1. The molecule has 0 saturated heterocycles. The van der Waals surface area contributed by atoms with E-state index in [1.807, 2.05) is 13.2 Å². The van der Waals surface area contributed by atoms with Crippen LogP contribution >= 0.6 is 0 Å². The van der Waals surface area contributed by atoms with Gasteiger partial charge in [0.15, 0.2) is 5.69 Å². The molecule has 2 N–H and O–H groups in total. The molecule has 1 amide bonds. The number of unbranched alkanes of at least 4 members (excludes halogenated alkanes) is 4. The maximum atomic E-state index is 13.2. The lowest BCUT2D eigenvalue weighted by molar-refractivity contribution is -0.126. The molecule has 4 rings (SSSR count). The Bertz CT molecular complexity index is 1300. The third-order valence-corrected chi connectivity index (χ3v) is 7.42. The summed E-state index contributed by atoms with van der Waals surface area (Å²) in [6.07, 6.45) is 19.2. The van der Waals surface area contributed by atoms with Crippen LogP contribution in [0.4, 0.5) is 5.95 Å². The van der Waals surface area contributed by atoms with E-state index in [9.17, 15) is 4.79 Å². The summed E-state index contributed by atoms with van der Waals surface area (Å²) in [4.78, 5) is 31.6. The van der Waals surface area contributed by atoms with Crippen LogP contribution in [0.3, 0.4) is 0 Å². The number of anilines is 1. The molecule has 0 fully saturated rings. The molecule has 0 bridgehead atoms. The van der Waals surface area contributed by atoms with Gasteiger partial charge in [0.05, 0.1) is 18.5 Å². The van der Waals surface area contributed by atoms with Gasteiger partial charge < -0.3 is 15.4 Å². The van der Waals surface area contributed by atoms with Crippen molar-refractivity contribution in [1.29, 1.82) is 0 Å². The molecule has 2 aliphatic carbocycles. The number of carbonyl (C=O) groups excluding carboxylic acids is 2. The molecule has 2 aromatic rings. The van der Waals surface area contributed by atoms with Crippen molar-refractivity contribution >= 4 is 18.3 Å². The minimum Gasteiger partial charge on any atom is -0.471 e. The van der Waals surface area contributed by atoms with Crippen LogP contribution in [0, 0.1) is 5.41 Å². The molecule has 0 radical (unpaired) electrons. The van der Waals surface area contributed by atoms with Gasteiger partial charge in [-0.2, -0.15) is 5.10 Å². The van der Waals surface area contributed by atoms with Crippen molar-refractivity contribution in [3.8, 4) is 11.4 Å². The van der Waals surface area contributed by atoms with Gasteiger partial charge in [-0.25, -0.2) is 9.97 Å². The van der Waals surface area contributed by atoms with E-state index in [0.29, 0.717) is 18.1 Å². The van der Waals surface area contributed by atoms with Crippen LogP contribution in [0.5, 0.6) is 0 Å². The van der Waals surface area contributed by atoms with E-state index in [-0.39, 0.29) is 17.4 Å². The Morgan fingerprint density at radius 2 is 1.88 bits per heavy atom. The van der Waals surface area contributed by atoms with Gasteiger partial charge in [-0.05, 0) is 50.3 Å². The van der Waals surface area contributed by atoms with Gasteiger partial charge in [-0.15, -0.1) is 0 Å². The highest BCUT2D eigenvalue weighted by Crippen LogP contribution is 2.34. The second-order valence-corrected chi connectivity index (χ2v) is 11.5. The van der Waals surface area contributed by atoms with E-state index < -0.39 is 0 Å². The molecular formula is C32H46N6O3. The van der Waals surface area contributed by atoms with Gasteiger partial charge in [-0.3, -0.25) is 14.3 Å². The fourth-order valence-electron chi connectivity index (χ4n) is 4.99. The molecule has 1 atom stereocenters. The van der Waals surface area contributed by atoms with Crippen molar-refractivity contribution in [3.63, 3.8) is 0 Å². The van der Waals surface area contributed by atoms with Crippen molar-refractivity contribution in [1.82, 2.24) is 25.1 Å². The number of allylic oxidation sites excluding steroid dienone is 5. The Morgan fingerprint density at radius 1 is 1.17 bits per heavy atom. The van der Waals surface area contributed by atoms with Crippen LogP contribution in [-0.2, 0) is 29.4 Å². The second kappa shape index (κ2) is 14.8. The fraction of sp³-hybridized carbons (Fsp3) is 0.531. The Labute approximate surface area is 244 Å². The lowest BCUT2D eigenvalue weighted by Gasteiger charge is -2.18. The summed E-state index contributed by atoms with van der Waals surface area (Å²) >= 11 is 0. The molecule has 2 aliphatic rings. The van der Waals surface area contributed by atoms with Gasteiger partial charge in [0.25, 0.3) is 12.4 Å². The van der Waals surface area contributed by atoms with Crippen molar-refractivity contribution in [2.45, 2.75) is 92.0 Å². The average molecular weight is 563 g/mol. The fourth-order valence-corrected chi connectivity index (χ4v) is 4.99. The van der Waals surface area contributed by atoms with E-state index in [1.54, 1.807) is 4.68 Å². The number of aromatic nitrogens is 4. The van der Waals surface area contributed by atoms with E-state index >= 15 is 0 Å². The summed E-state index contributed by atoms with van der Waals surface area (Å²) in [5.74, 6) is 0.454. The smallest absolute Gasteiger partial charge is 0.292 e. The predicted octanol–water partition coefficient (Wildman–Crippen LogP) is 6.08. The SMILES string of the molecule is CCCCCCCC(C)NC(=O)c1nn(C)c2c1CCc1cnc(NC3=C(C)C=CC(C)(C)C=C3)nc1-2.COC=O. The quantitative estimate of drug-likeness (QED) is 0.252. The third-order valence-electron chi connectivity index (χ3n) is 7.42. The van der Waals surface area contributed by atoms with Gasteiger partial charge in [0.2, 0.25) is 5.95 Å². The normalized spacial score (nSPS) is 15.6. The van der Waals surface area contributed by atoms with Crippen molar-refractivity contribution in [2.24, 2.45) is 12.5 Å². The van der Waals surface area contributed by atoms with Crippen molar-refractivity contribution in [2.75, 3.05) is 12.4 Å². The maximum Gasteiger partial charge on any atom is 0.292 e. The second-order valence-electron chi connectivity index (χ2n) is 11.5. The summed E-state index contributed by atoms with van der Waals surface area (Å²) in [7, 11) is 3.21. The highest BCUT2D eigenvalue weighted by molar-refractivity contribution is 5.96. The lowest BCUT2D eigenvalue weighted by Crippen LogP contribution is -2.33. The molecule has 9 heteroatoms. The first-order valence-electron chi connectivity index (χ1n) is 14.7. The Morgan fingerprint density at radius 3 is 2.59 bits per heavy atom. The number of fused-ring (bicyclic) bond motifs is 3. The van der Waals surface area contributed by atoms with Crippen LogP contribution in [0.2, 0.25) is 0 Å². The summed E-state index contributed by atoms with van der Waals surface area (Å²) in [6.45, 7) is 11.1.